The van der Waals surface area contributed by atoms with Crippen LogP contribution in [0.25, 0.3) is 0 Å². The largest absolute Gasteiger partial charge is 0.315 e. The van der Waals surface area contributed by atoms with Gasteiger partial charge in [0.25, 0.3) is 0 Å². The van der Waals surface area contributed by atoms with E-state index in [9.17, 15) is 0 Å². The summed E-state index contributed by atoms with van der Waals surface area (Å²) in [5.41, 5.74) is 0. The predicted molar refractivity (Wildman–Crippen MR) is 50.1 cm³/mol. The van der Waals surface area contributed by atoms with E-state index in [1.165, 1.54) is 6.42 Å². The summed E-state index contributed by atoms with van der Waals surface area (Å²) in [5, 5.41) is 3.35. The Kier molecular flexibility index (Phi) is 7.72. The Balaban J connectivity index is 2.89. The van der Waals surface area contributed by atoms with Crippen molar-refractivity contribution in [2.45, 2.75) is 20.3 Å². The molecule has 1 unspecified atom stereocenters. The number of nitrogens with zero attached hydrogens (tertiary/aromatic N) is 1. The maximum Gasteiger partial charge on any atom is 0.0142 e. The van der Waals surface area contributed by atoms with Crippen molar-refractivity contribution in [3.05, 3.63) is 0 Å². The van der Waals surface area contributed by atoms with Crippen molar-refractivity contribution in [1.29, 1.82) is 0 Å². The van der Waals surface area contributed by atoms with E-state index >= 15 is 0 Å². The lowest BCUT2D eigenvalue weighted by atomic mass is 10.5. The minimum Gasteiger partial charge on any atom is -0.315 e. The van der Waals surface area contributed by atoms with Crippen LogP contribution in [0.5, 0.6) is 0 Å². The molecule has 0 saturated carbocycles. The minimum absolute atomic E-state index is 1.10. The molecule has 0 aromatic heterocycles. The van der Waals surface area contributed by atoms with Crippen LogP contribution in [0.15, 0.2) is 0 Å². The third-order valence-electron chi connectivity index (χ3n) is 1.41. The molecule has 0 aromatic rings. The van der Waals surface area contributed by atoms with Crippen LogP contribution in [-0.4, -0.2) is 30.8 Å². The van der Waals surface area contributed by atoms with E-state index < -0.39 is 0 Å². The smallest absolute Gasteiger partial charge is 0.0142 e. The topological polar surface area (TPSA) is 15.3 Å². The second-order valence-corrected chi connectivity index (χ2v) is 3.11. The first-order valence-corrected chi connectivity index (χ1v) is 4.53. The van der Waals surface area contributed by atoms with Gasteiger partial charge in [-0.15, -0.1) is 0 Å². The van der Waals surface area contributed by atoms with Gasteiger partial charge in [0, 0.05) is 13.1 Å². The summed E-state index contributed by atoms with van der Waals surface area (Å²) < 4.78 is 2.22. The van der Waals surface area contributed by atoms with Crippen LogP contribution >= 0.6 is 9.39 Å². The van der Waals surface area contributed by atoms with Crippen LogP contribution in [0, 0.1) is 0 Å². The highest BCUT2D eigenvalue weighted by molar-refractivity contribution is 7.13. The molecule has 3 heteroatoms. The molecule has 0 aliphatic heterocycles. The molecule has 0 radical (unpaired) electrons. The molecular formula is C7H19N2P. The average molecular weight is 162 g/mol. The summed E-state index contributed by atoms with van der Waals surface area (Å²) in [4.78, 5) is 0. The van der Waals surface area contributed by atoms with Gasteiger partial charge in [-0.2, -0.15) is 0 Å². The Morgan fingerprint density at radius 3 is 2.50 bits per heavy atom. The van der Waals surface area contributed by atoms with E-state index in [4.69, 9.17) is 0 Å². The molecule has 0 saturated heterocycles. The first-order valence-electron chi connectivity index (χ1n) is 4.01. The molecule has 0 rings (SSSR count). The molecule has 1 atom stereocenters. The van der Waals surface area contributed by atoms with Gasteiger partial charge < -0.3 is 5.32 Å². The quantitative estimate of drug-likeness (QED) is 0.464. The van der Waals surface area contributed by atoms with Gasteiger partial charge in [-0.05, 0) is 19.5 Å². The second kappa shape index (κ2) is 7.46. The number of rotatable bonds is 6. The van der Waals surface area contributed by atoms with E-state index in [1.54, 1.807) is 0 Å². The number of hydrogen-bond acceptors (Lipinski definition) is 2. The monoisotopic (exact) mass is 162 g/mol. The molecule has 0 bridgehead atoms. The Bertz CT molecular complexity index is 68.6. The van der Waals surface area contributed by atoms with Gasteiger partial charge in [0.1, 0.15) is 0 Å². The van der Waals surface area contributed by atoms with E-state index in [0.717, 1.165) is 26.2 Å². The summed E-state index contributed by atoms with van der Waals surface area (Å²) >= 11 is 0. The van der Waals surface area contributed by atoms with Crippen LogP contribution < -0.4 is 5.32 Å². The lowest BCUT2D eigenvalue weighted by Gasteiger charge is -2.12. The lowest BCUT2D eigenvalue weighted by molar-refractivity contribution is 0.476. The Hall–Kier alpha value is 0.350. The Morgan fingerprint density at radius 1 is 1.30 bits per heavy atom. The Labute approximate surface area is 66.6 Å². The van der Waals surface area contributed by atoms with Crippen molar-refractivity contribution in [2.75, 3.05) is 26.2 Å². The number of nitrogens with one attached hydrogen (secondary N) is 1. The highest BCUT2D eigenvalue weighted by Gasteiger charge is 1.91. The maximum atomic E-state index is 3.35. The molecule has 1 N–H and O–H groups in total. The summed E-state index contributed by atoms with van der Waals surface area (Å²) in [6.45, 7) is 8.82. The third kappa shape index (κ3) is 6.47. The minimum atomic E-state index is 1.10. The van der Waals surface area contributed by atoms with Crippen LogP contribution in [0.4, 0.5) is 0 Å². The fourth-order valence-corrected chi connectivity index (χ4v) is 0.812. The van der Waals surface area contributed by atoms with Gasteiger partial charge in [0.05, 0.1) is 0 Å². The SMILES string of the molecule is CCCNCCN(P)CC. The van der Waals surface area contributed by atoms with E-state index in [2.05, 4.69) is 33.2 Å². The molecular weight excluding hydrogens is 143 g/mol. The molecule has 0 heterocycles. The molecule has 0 aliphatic rings. The van der Waals surface area contributed by atoms with Crippen molar-refractivity contribution in [2.24, 2.45) is 0 Å². The molecule has 0 fully saturated rings. The molecule has 0 spiro atoms. The van der Waals surface area contributed by atoms with E-state index in [-0.39, 0.29) is 0 Å². The standard InChI is InChI=1S/C7H19N2P/c1-3-5-8-6-7-9(10)4-2/h8H,3-7,10H2,1-2H3. The highest BCUT2D eigenvalue weighted by Crippen LogP contribution is 1.93. The fourth-order valence-electron chi connectivity index (χ4n) is 0.683. The zero-order chi connectivity index (χ0) is 7.82. The van der Waals surface area contributed by atoms with Gasteiger partial charge in [0.15, 0.2) is 0 Å². The summed E-state index contributed by atoms with van der Waals surface area (Å²) in [7, 11) is 2.71. The normalized spacial score (nSPS) is 10.8. The first-order chi connectivity index (χ1) is 4.81. The van der Waals surface area contributed by atoms with Gasteiger partial charge in [-0.3, -0.25) is 4.67 Å². The van der Waals surface area contributed by atoms with E-state index in [0.29, 0.717) is 0 Å². The molecule has 0 aliphatic carbocycles. The van der Waals surface area contributed by atoms with Gasteiger partial charge in [0.2, 0.25) is 0 Å². The van der Waals surface area contributed by atoms with Crippen LogP contribution in [0.1, 0.15) is 20.3 Å². The lowest BCUT2D eigenvalue weighted by Crippen LogP contribution is -2.26. The fraction of sp³-hybridized carbons (Fsp3) is 1.00. The van der Waals surface area contributed by atoms with Gasteiger partial charge in [-0.25, -0.2) is 0 Å². The molecule has 62 valence electrons. The van der Waals surface area contributed by atoms with E-state index in [1.807, 2.05) is 0 Å². The summed E-state index contributed by atoms with van der Waals surface area (Å²) in [5.74, 6) is 0. The van der Waals surface area contributed by atoms with Crippen molar-refractivity contribution in [1.82, 2.24) is 9.99 Å². The zero-order valence-corrected chi connectivity index (χ0v) is 8.21. The molecule has 0 aromatic carbocycles. The van der Waals surface area contributed by atoms with Gasteiger partial charge in [-0.1, -0.05) is 23.2 Å². The average Bonchev–Trinajstić information content (AvgIpc) is 1.98. The zero-order valence-electron chi connectivity index (χ0n) is 7.06. The molecule has 10 heavy (non-hydrogen) atoms. The molecule has 2 nitrogen and oxygen atoms in total. The predicted octanol–water partition coefficient (Wildman–Crippen LogP) is 1.10. The third-order valence-corrected chi connectivity index (χ3v) is 2.03. The highest BCUT2D eigenvalue weighted by atomic mass is 31.0. The second-order valence-electron chi connectivity index (χ2n) is 2.38. The van der Waals surface area contributed by atoms with Crippen LogP contribution in [-0.2, 0) is 0 Å². The van der Waals surface area contributed by atoms with Crippen molar-refractivity contribution in [3.63, 3.8) is 0 Å². The first kappa shape index (κ1) is 10.3. The molecule has 0 amide bonds. The summed E-state index contributed by atoms with van der Waals surface area (Å²) in [6.07, 6.45) is 1.23. The summed E-state index contributed by atoms with van der Waals surface area (Å²) in [6, 6.07) is 0. The number of hydrogen-bond donors (Lipinski definition) is 1. The van der Waals surface area contributed by atoms with Crippen molar-refractivity contribution in [3.8, 4) is 0 Å². The van der Waals surface area contributed by atoms with Crippen LogP contribution in [0.2, 0.25) is 0 Å². The van der Waals surface area contributed by atoms with Crippen molar-refractivity contribution < 1.29 is 0 Å². The van der Waals surface area contributed by atoms with Gasteiger partial charge >= 0.3 is 0 Å². The Morgan fingerprint density at radius 2 is 2.00 bits per heavy atom. The number of likely N-dealkylation sites (N-methyl/N-ethyl adjacent to an activating group) is 1. The van der Waals surface area contributed by atoms with Crippen molar-refractivity contribution >= 4 is 9.39 Å². The maximum absolute atomic E-state index is 3.35. The van der Waals surface area contributed by atoms with Crippen LogP contribution in [0.3, 0.4) is 0 Å².